The summed E-state index contributed by atoms with van der Waals surface area (Å²) in [6.45, 7) is 0.614. The first-order valence-corrected chi connectivity index (χ1v) is 6.51. The van der Waals surface area contributed by atoms with E-state index in [-0.39, 0.29) is 0 Å². The number of nitrogens with one attached hydrogen (secondary N) is 1. The van der Waals surface area contributed by atoms with Gasteiger partial charge in [-0.3, -0.25) is 0 Å². The Labute approximate surface area is 116 Å². The van der Waals surface area contributed by atoms with Gasteiger partial charge in [-0.1, -0.05) is 24.3 Å². The number of ether oxygens (including phenoxy) is 1. The van der Waals surface area contributed by atoms with E-state index in [0.717, 1.165) is 23.3 Å². The lowest BCUT2D eigenvalue weighted by Crippen LogP contribution is -2.04. The number of imidazole rings is 1. The molecule has 3 N–H and O–H groups in total. The molecule has 0 fully saturated rings. The molecule has 3 aromatic rings. The third kappa shape index (κ3) is 2.23. The van der Waals surface area contributed by atoms with Crippen LogP contribution in [0.1, 0.15) is 5.56 Å². The van der Waals surface area contributed by atoms with Crippen molar-refractivity contribution >= 4 is 11.2 Å². The van der Waals surface area contributed by atoms with E-state index in [9.17, 15) is 0 Å². The summed E-state index contributed by atoms with van der Waals surface area (Å²) in [6.07, 6.45) is 0.823. The standard InChI is InChI=1S/C15H16N4O/c1-20-13-7-6-12-15(18-13)19-14(17-12)11-5-3-2-4-10(11)8-9-16/h2-7H,8-9,16H2,1H3,(H,17,18,19). The smallest absolute Gasteiger partial charge is 0.215 e. The summed E-state index contributed by atoms with van der Waals surface area (Å²) < 4.78 is 5.12. The highest BCUT2D eigenvalue weighted by atomic mass is 16.5. The third-order valence-corrected chi connectivity index (χ3v) is 3.22. The van der Waals surface area contributed by atoms with Gasteiger partial charge >= 0.3 is 0 Å². The van der Waals surface area contributed by atoms with Crippen molar-refractivity contribution in [2.24, 2.45) is 5.73 Å². The lowest BCUT2D eigenvalue weighted by atomic mass is 10.0. The first-order valence-electron chi connectivity index (χ1n) is 6.51. The van der Waals surface area contributed by atoms with Crippen molar-refractivity contribution in [3.63, 3.8) is 0 Å². The molecule has 0 radical (unpaired) electrons. The van der Waals surface area contributed by atoms with Crippen molar-refractivity contribution in [3.8, 4) is 17.3 Å². The molecule has 0 aliphatic rings. The Morgan fingerprint density at radius 1 is 1.15 bits per heavy atom. The van der Waals surface area contributed by atoms with Crippen LogP contribution in [0.4, 0.5) is 0 Å². The van der Waals surface area contributed by atoms with Crippen LogP contribution in [-0.4, -0.2) is 28.6 Å². The van der Waals surface area contributed by atoms with Gasteiger partial charge in [0.15, 0.2) is 5.65 Å². The van der Waals surface area contributed by atoms with Crippen LogP contribution in [0.2, 0.25) is 0 Å². The topological polar surface area (TPSA) is 76.8 Å². The molecule has 3 rings (SSSR count). The number of nitrogens with zero attached hydrogens (tertiary/aromatic N) is 2. The first kappa shape index (κ1) is 12.6. The molecule has 0 spiro atoms. The molecule has 2 aromatic heterocycles. The SMILES string of the molecule is COc1ccc2[nH]c(-c3ccccc3CCN)nc2n1. The van der Waals surface area contributed by atoms with Crippen molar-refractivity contribution in [2.45, 2.75) is 6.42 Å². The van der Waals surface area contributed by atoms with Crippen LogP contribution in [0.5, 0.6) is 5.88 Å². The minimum Gasteiger partial charge on any atom is -0.481 e. The maximum atomic E-state index is 5.66. The second-order valence-corrected chi connectivity index (χ2v) is 4.51. The Morgan fingerprint density at radius 2 is 2.00 bits per heavy atom. The Kier molecular flexibility index (Phi) is 3.35. The Morgan fingerprint density at radius 3 is 2.80 bits per heavy atom. The number of nitrogens with two attached hydrogens (primary N) is 1. The number of rotatable bonds is 4. The van der Waals surface area contributed by atoms with Crippen LogP contribution in [0.15, 0.2) is 36.4 Å². The Hall–Kier alpha value is -2.40. The molecule has 5 heteroatoms. The van der Waals surface area contributed by atoms with E-state index >= 15 is 0 Å². The molecule has 5 nitrogen and oxygen atoms in total. The summed E-state index contributed by atoms with van der Waals surface area (Å²) in [4.78, 5) is 12.2. The van der Waals surface area contributed by atoms with Crippen molar-refractivity contribution in [2.75, 3.05) is 13.7 Å². The van der Waals surface area contributed by atoms with Crippen LogP contribution < -0.4 is 10.5 Å². The Balaban J connectivity index is 2.10. The van der Waals surface area contributed by atoms with E-state index in [2.05, 4.69) is 21.0 Å². The van der Waals surface area contributed by atoms with Crippen LogP contribution in [0.25, 0.3) is 22.6 Å². The molecule has 0 atom stereocenters. The molecule has 0 saturated heterocycles. The van der Waals surface area contributed by atoms with Gasteiger partial charge in [0.05, 0.1) is 12.6 Å². The second-order valence-electron chi connectivity index (χ2n) is 4.51. The number of hydrogen-bond acceptors (Lipinski definition) is 4. The summed E-state index contributed by atoms with van der Waals surface area (Å²) in [7, 11) is 1.60. The van der Waals surface area contributed by atoms with Crippen LogP contribution in [-0.2, 0) is 6.42 Å². The fraction of sp³-hybridized carbons (Fsp3) is 0.200. The van der Waals surface area contributed by atoms with Gasteiger partial charge in [0.1, 0.15) is 5.82 Å². The average Bonchev–Trinajstić information content (AvgIpc) is 2.90. The lowest BCUT2D eigenvalue weighted by molar-refractivity contribution is 0.399. The largest absolute Gasteiger partial charge is 0.481 e. The molecule has 0 aliphatic heterocycles. The second kappa shape index (κ2) is 5.30. The minimum absolute atomic E-state index is 0.561. The van der Waals surface area contributed by atoms with Gasteiger partial charge < -0.3 is 15.5 Å². The van der Waals surface area contributed by atoms with Gasteiger partial charge in [0, 0.05) is 11.6 Å². The van der Waals surface area contributed by atoms with Gasteiger partial charge in [-0.25, -0.2) is 4.98 Å². The number of aromatic amines is 1. The Bertz CT molecular complexity index is 736. The van der Waals surface area contributed by atoms with Crippen molar-refractivity contribution in [3.05, 3.63) is 42.0 Å². The highest BCUT2D eigenvalue weighted by Gasteiger charge is 2.10. The summed E-state index contributed by atoms with van der Waals surface area (Å²) in [5, 5.41) is 0. The molecular weight excluding hydrogens is 252 g/mol. The van der Waals surface area contributed by atoms with E-state index in [1.54, 1.807) is 7.11 Å². The zero-order valence-electron chi connectivity index (χ0n) is 11.3. The fourth-order valence-corrected chi connectivity index (χ4v) is 2.24. The van der Waals surface area contributed by atoms with E-state index in [0.29, 0.717) is 18.1 Å². The highest BCUT2D eigenvalue weighted by Crippen LogP contribution is 2.24. The van der Waals surface area contributed by atoms with Crippen molar-refractivity contribution in [1.29, 1.82) is 0 Å². The van der Waals surface area contributed by atoms with Gasteiger partial charge in [0.2, 0.25) is 5.88 Å². The number of methoxy groups -OCH3 is 1. The molecule has 102 valence electrons. The van der Waals surface area contributed by atoms with E-state index < -0.39 is 0 Å². The molecule has 0 aliphatic carbocycles. The van der Waals surface area contributed by atoms with Crippen molar-refractivity contribution in [1.82, 2.24) is 15.0 Å². The summed E-state index contributed by atoms with van der Waals surface area (Å²) in [5.41, 5.74) is 9.45. The molecule has 1 aromatic carbocycles. The summed E-state index contributed by atoms with van der Waals surface area (Å²) >= 11 is 0. The molecule has 2 heterocycles. The average molecular weight is 268 g/mol. The lowest BCUT2D eigenvalue weighted by Gasteiger charge is -2.05. The van der Waals surface area contributed by atoms with E-state index in [1.807, 2.05) is 30.3 Å². The van der Waals surface area contributed by atoms with E-state index in [4.69, 9.17) is 10.5 Å². The number of pyridine rings is 1. The predicted octanol–water partition coefficient (Wildman–Crippen LogP) is 2.13. The summed E-state index contributed by atoms with van der Waals surface area (Å²) in [5.74, 6) is 1.37. The maximum Gasteiger partial charge on any atom is 0.215 e. The molecular formula is C15H16N4O. The van der Waals surface area contributed by atoms with Crippen LogP contribution >= 0.6 is 0 Å². The normalized spacial score (nSPS) is 10.9. The number of H-pyrrole nitrogens is 1. The number of benzene rings is 1. The first-order chi connectivity index (χ1) is 9.81. The molecule has 0 unspecified atom stereocenters. The molecule has 20 heavy (non-hydrogen) atoms. The molecule has 0 bridgehead atoms. The molecule has 0 saturated carbocycles. The monoisotopic (exact) mass is 268 g/mol. The third-order valence-electron chi connectivity index (χ3n) is 3.22. The number of fused-ring (bicyclic) bond motifs is 1. The van der Waals surface area contributed by atoms with Crippen LogP contribution in [0.3, 0.4) is 0 Å². The molecule has 0 amide bonds. The zero-order chi connectivity index (χ0) is 13.9. The van der Waals surface area contributed by atoms with Crippen molar-refractivity contribution < 1.29 is 4.74 Å². The predicted molar refractivity (Wildman–Crippen MR) is 78.6 cm³/mol. The van der Waals surface area contributed by atoms with Gasteiger partial charge in [-0.2, -0.15) is 4.98 Å². The summed E-state index contributed by atoms with van der Waals surface area (Å²) in [6, 6.07) is 11.9. The number of aromatic nitrogens is 3. The van der Waals surface area contributed by atoms with Crippen LogP contribution in [0, 0.1) is 0 Å². The maximum absolute atomic E-state index is 5.66. The van der Waals surface area contributed by atoms with Gasteiger partial charge in [-0.05, 0) is 24.6 Å². The fourth-order valence-electron chi connectivity index (χ4n) is 2.24. The zero-order valence-corrected chi connectivity index (χ0v) is 11.3. The van der Waals surface area contributed by atoms with Gasteiger partial charge in [0.25, 0.3) is 0 Å². The minimum atomic E-state index is 0.561. The quantitative estimate of drug-likeness (QED) is 0.760. The van der Waals surface area contributed by atoms with Gasteiger partial charge in [-0.15, -0.1) is 0 Å². The number of hydrogen-bond donors (Lipinski definition) is 2. The van der Waals surface area contributed by atoms with E-state index in [1.165, 1.54) is 5.56 Å². The highest BCUT2D eigenvalue weighted by molar-refractivity contribution is 5.77.